The fraction of sp³-hybridized carbons (Fsp3) is 0.238. The van der Waals surface area contributed by atoms with E-state index >= 15 is 0 Å². The van der Waals surface area contributed by atoms with Crippen LogP contribution in [0.4, 0.5) is 5.69 Å². The van der Waals surface area contributed by atoms with Crippen LogP contribution in [0, 0.1) is 5.92 Å². The standard InChI is InChI=1S/C21H21N3O3S/c25-21(23-20-10-4-9-19-18(20)8-5-13-22-19)16-11-14-24(15-12-16)28(26,27)17-6-2-1-3-7-17/h1-10,13,16H,11-12,14-15H2,(H,23,25). The zero-order valence-corrected chi connectivity index (χ0v) is 16.1. The molecular weight excluding hydrogens is 374 g/mol. The van der Waals surface area contributed by atoms with E-state index in [4.69, 9.17) is 0 Å². The first-order chi connectivity index (χ1) is 13.6. The van der Waals surface area contributed by atoms with Gasteiger partial charge in [-0.1, -0.05) is 24.3 Å². The number of piperidine rings is 1. The molecule has 1 aliphatic rings. The molecular formula is C21H21N3O3S. The Hall–Kier alpha value is -2.77. The number of hydrogen-bond acceptors (Lipinski definition) is 4. The van der Waals surface area contributed by atoms with E-state index in [9.17, 15) is 13.2 Å². The van der Waals surface area contributed by atoms with Crippen LogP contribution in [0.5, 0.6) is 0 Å². The van der Waals surface area contributed by atoms with Crippen molar-refractivity contribution in [2.24, 2.45) is 5.92 Å². The maximum Gasteiger partial charge on any atom is 0.243 e. The van der Waals surface area contributed by atoms with E-state index in [2.05, 4.69) is 10.3 Å². The van der Waals surface area contributed by atoms with Gasteiger partial charge in [0.1, 0.15) is 0 Å². The molecule has 2 heterocycles. The molecule has 144 valence electrons. The molecule has 1 fully saturated rings. The zero-order chi connectivity index (χ0) is 19.6. The summed E-state index contributed by atoms with van der Waals surface area (Å²) in [6.45, 7) is 0.679. The quantitative estimate of drug-likeness (QED) is 0.735. The zero-order valence-electron chi connectivity index (χ0n) is 15.3. The molecule has 6 nitrogen and oxygen atoms in total. The number of carbonyl (C=O) groups excluding carboxylic acids is 1. The van der Waals surface area contributed by atoms with Crippen LogP contribution in [0.3, 0.4) is 0 Å². The molecule has 7 heteroatoms. The first-order valence-electron chi connectivity index (χ1n) is 9.25. The molecule has 0 aliphatic carbocycles. The van der Waals surface area contributed by atoms with E-state index < -0.39 is 10.0 Å². The molecule has 0 unspecified atom stereocenters. The van der Waals surface area contributed by atoms with Crippen molar-refractivity contribution >= 4 is 32.5 Å². The van der Waals surface area contributed by atoms with Gasteiger partial charge in [-0.3, -0.25) is 9.78 Å². The lowest BCUT2D eigenvalue weighted by Gasteiger charge is -2.30. The van der Waals surface area contributed by atoms with Crippen LogP contribution in [0.25, 0.3) is 10.9 Å². The van der Waals surface area contributed by atoms with Gasteiger partial charge in [0.05, 0.1) is 16.1 Å². The topological polar surface area (TPSA) is 79.4 Å². The maximum atomic E-state index is 12.7. The highest BCUT2D eigenvalue weighted by atomic mass is 32.2. The Kier molecular flexibility index (Phi) is 5.11. The summed E-state index contributed by atoms with van der Waals surface area (Å²) in [5.74, 6) is -0.290. The first-order valence-corrected chi connectivity index (χ1v) is 10.7. The molecule has 28 heavy (non-hydrogen) atoms. The van der Waals surface area contributed by atoms with Crippen LogP contribution in [0.2, 0.25) is 0 Å². The smallest absolute Gasteiger partial charge is 0.243 e. The Morgan fingerprint density at radius 3 is 2.46 bits per heavy atom. The van der Waals surface area contributed by atoms with Gasteiger partial charge in [0.25, 0.3) is 0 Å². The molecule has 2 aromatic carbocycles. The van der Waals surface area contributed by atoms with Gasteiger partial charge < -0.3 is 5.32 Å². The number of rotatable bonds is 4. The number of amides is 1. The largest absolute Gasteiger partial charge is 0.325 e. The second-order valence-corrected chi connectivity index (χ2v) is 8.79. The van der Waals surface area contributed by atoms with Crippen molar-refractivity contribution in [1.82, 2.24) is 9.29 Å². The van der Waals surface area contributed by atoms with Crippen LogP contribution >= 0.6 is 0 Å². The Morgan fingerprint density at radius 2 is 1.71 bits per heavy atom. The molecule has 4 rings (SSSR count). The third kappa shape index (κ3) is 3.63. The molecule has 0 atom stereocenters. The Morgan fingerprint density at radius 1 is 0.964 bits per heavy atom. The van der Waals surface area contributed by atoms with Gasteiger partial charge in [-0.2, -0.15) is 4.31 Å². The van der Waals surface area contributed by atoms with Crippen molar-refractivity contribution in [2.45, 2.75) is 17.7 Å². The van der Waals surface area contributed by atoms with Crippen molar-refractivity contribution in [2.75, 3.05) is 18.4 Å². The number of benzene rings is 2. The highest BCUT2D eigenvalue weighted by Crippen LogP contribution is 2.26. The van der Waals surface area contributed by atoms with Crippen molar-refractivity contribution in [1.29, 1.82) is 0 Å². The normalized spacial score (nSPS) is 16.1. The van der Waals surface area contributed by atoms with Crippen molar-refractivity contribution in [3.8, 4) is 0 Å². The third-order valence-corrected chi connectivity index (χ3v) is 7.02. The Balaban J connectivity index is 1.43. The lowest BCUT2D eigenvalue weighted by atomic mass is 9.97. The predicted octanol–water partition coefficient (Wildman–Crippen LogP) is 3.27. The van der Waals surface area contributed by atoms with Gasteiger partial charge >= 0.3 is 0 Å². The molecule has 0 bridgehead atoms. The summed E-state index contributed by atoms with van der Waals surface area (Å²) in [4.78, 5) is 17.3. The van der Waals surface area contributed by atoms with E-state index in [0.29, 0.717) is 30.8 Å². The molecule has 3 aromatic rings. The fourth-order valence-corrected chi connectivity index (χ4v) is 5.04. The second kappa shape index (κ2) is 7.69. The van der Waals surface area contributed by atoms with Crippen LogP contribution < -0.4 is 5.32 Å². The lowest BCUT2D eigenvalue weighted by molar-refractivity contribution is -0.120. The third-order valence-electron chi connectivity index (χ3n) is 5.11. The van der Waals surface area contributed by atoms with E-state index in [-0.39, 0.29) is 11.8 Å². The first kappa shape index (κ1) is 18.6. The summed E-state index contributed by atoms with van der Waals surface area (Å²) >= 11 is 0. The highest BCUT2D eigenvalue weighted by Gasteiger charge is 2.32. The summed E-state index contributed by atoms with van der Waals surface area (Å²) in [6, 6.07) is 17.8. The van der Waals surface area contributed by atoms with Crippen LogP contribution in [0.1, 0.15) is 12.8 Å². The summed E-state index contributed by atoms with van der Waals surface area (Å²) in [6.07, 6.45) is 2.72. The molecule has 1 amide bonds. The number of nitrogens with one attached hydrogen (secondary N) is 1. The summed E-state index contributed by atoms with van der Waals surface area (Å²) < 4.78 is 26.9. The average molecular weight is 395 g/mol. The highest BCUT2D eigenvalue weighted by molar-refractivity contribution is 7.89. The number of carbonyl (C=O) groups is 1. The molecule has 0 saturated carbocycles. The molecule has 1 N–H and O–H groups in total. The van der Waals surface area contributed by atoms with Gasteiger partial charge in [-0.15, -0.1) is 0 Å². The summed E-state index contributed by atoms with van der Waals surface area (Å²) in [7, 11) is -3.51. The number of anilines is 1. The number of nitrogens with zero attached hydrogens (tertiary/aromatic N) is 2. The van der Waals surface area contributed by atoms with Crippen LogP contribution in [-0.2, 0) is 14.8 Å². The number of sulfonamides is 1. The summed E-state index contributed by atoms with van der Waals surface area (Å²) in [5.41, 5.74) is 1.55. The molecule has 1 aromatic heterocycles. The predicted molar refractivity (Wildman–Crippen MR) is 108 cm³/mol. The van der Waals surface area contributed by atoms with Crippen molar-refractivity contribution < 1.29 is 13.2 Å². The van der Waals surface area contributed by atoms with Gasteiger partial charge in [0, 0.05) is 30.6 Å². The Bertz CT molecular complexity index is 1090. The van der Waals surface area contributed by atoms with E-state index in [1.165, 1.54) is 4.31 Å². The number of hydrogen-bond donors (Lipinski definition) is 1. The van der Waals surface area contributed by atoms with E-state index in [1.54, 1.807) is 36.5 Å². The van der Waals surface area contributed by atoms with Gasteiger partial charge in [-0.05, 0) is 49.2 Å². The summed E-state index contributed by atoms with van der Waals surface area (Å²) in [5, 5.41) is 3.88. The minimum absolute atomic E-state index is 0.0758. The van der Waals surface area contributed by atoms with Crippen LogP contribution in [0.15, 0.2) is 71.8 Å². The number of aromatic nitrogens is 1. The van der Waals surface area contributed by atoms with Gasteiger partial charge in [0.15, 0.2) is 0 Å². The monoisotopic (exact) mass is 395 g/mol. The van der Waals surface area contributed by atoms with Gasteiger partial charge in [0.2, 0.25) is 15.9 Å². The minimum Gasteiger partial charge on any atom is -0.325 e. The second-order valence-electron chi connectivity index (χ2n) is 6.86. The van der Waals surface area contributed by atoms with Crippen LogP contribution in [-0.4, -0.2) is 36.7 Å². The molecule has 1 saturated heterocycles. The minimum atomic E-state index is -3.51. The molecule has 0 spiro atoms. The van der Waals surface area contributed by atoms with Gasteiger partial charge in [-0.25, -0.2) is 8.42 Å². The number of pyridine rings is 1. The Labute approximate surface area is 164 Å². The van der Waals surface area contributed by atoms with E-state index in [1.807, 2.05) is 30.3 Å². The van der Waals surface area contributed by atoms with E-state index in [0.717, 1.165) is 16.6 Å². The van der Waals surface area contributed by atoms with Crippen molar-refractivity contribution in [3.05, 3.63) is 66.9 Å². The SMILES string of the molecule is O=C(Nc1cccc2ncccc12)C1CCN(S(=O)(=O)c2ccccc2)CC1. The fourth-order valence-electron chi connectivity index (χ4n) is 3.55. The van der Waals surface area contributed by atoms with Crippen molar-refractivity contribution in [3.63, 3.8) is 0 Å². The molecule has 1 aliphatic heterocycles. The average Bonchev–Trinajstić information content (AvgIpc) is 2.75. The lowest BCUT2D eigenvalue weighted by Crippen LogP contribution is -2.41. The number of fused-ring (bicyclic) bond motifs is 1. The molecule has 0 radical (unpaired) electrons. The maximum absolute atomic E-state index is 12.7.